The predicted octanol–water partition coefficient (Wildman–Crippen LogP) is 3.35. The molecule has 0 bridgehead atoms. The minimum Gasteiger partial charge on any atom is -0.380 e. The van der Waals surface area contributed by atoms with Crippen LogP contribution in [0, 0.1) is 5.82 Å². The molecule has 0 aliphatic carbocycles. The Morgan fingerprint density at radius 1 is 1.04 bits per heavy atom. The zero-order valence-corrected chi connectivity index (χ0v) is 15.9. The second kappa shape index (κ2) is 9.32. The average molecular weight is 385 g/mol. The Morgan fingerprint density at radius 2 is 1.75 bits per heavy atom. The summed E-state index contributed by atoms with van der Waals surface area (Å²) in [7, 11) is 1.64. The van der Waals surface area contributed by atoms with Gasteiger partial charge >= 0.3 is 6.03 Å². The maximum atomic E-state index is 13.4. The maximum absolute atomic E-state index is 13.4. The van der Waals surface area contributed by atoms with Gasteiger partial charge in [-0.25, -0.2) is 9.18 Å². The van der Waals surface area contributed by atoms with Gasteiger partial charge in [0.2, 0.25) is 0 Å². The highest BCUT2D eigenvalue weighted by atomic mass is 19.1. The van der Waals surface area contributed by atoms with Crippen LogP contribution in [0.15, 0.2) is 48.5 Å². The van der Waals surface area contributed by atoms with Gasteiger partial charge in [-0.2, -0.15) is 0 Å². The smallest absolute Gasteiger partial charge is 0.321 e. The van der Waals surface area contributed by atoms with E-state index in [9.17, 15) is 14.0 Å². The second-order valence-corrected chi connectivity index (χ2v) is 6.70. The van der Waals surface area contributed by atoms with Crippen LogP contribution in [0.3, 0.4) is 0 Å². The number of nitrogens with zero attached hydrogens (tertiary/aromatic N) is 2. The first-order valence-electron chi connectivity index (χ1n) is 9.25. The molecule has 7 heteroatoms. The fourth-order valence-electron chi connectivity index (χ4n) is 3.18. The van der Waals surface area contributed by atoms with Gasteiger partial charge in [0, 0.05) is 44.5 Å². The number of halogens is 1. The molecule has 1 aliphatic heterocycles. The minimum atomic E-state index is -0.432. The number of carbonyl (C=O) groups is 2. The van der Waals surface area contributed by atoms with E-state index in [0.29, 0.717) is 50.5 Å². The van der Waals surface area contributed by atoms with E-state index in [-0.39, 0.29) is 11.9 Å². The van der Waals surface area contributed by atoms with Crippen molar-refractivity contribution in [1.29, 1.82) is 0 Å². The number of rotatable bonds is 4. The molecule has 1 N–H and O–H groups in total. The number of urea groups is 1. The van der Waals surface area contributed by atoms with Gasteiger partial charge in [-0.1, -0.05) is 18.2 Å². The van der Waals surface area contributed by atoms with Gasteiger partial charge in [-0.05, 0) is 42.3 Å². The highest BCUT2D eigenvalue weighted by Gasteiger charge is 2.23. The Hall–Kier alpha value is -2.93. The highest BCUT2D eigenvalue weighted by Crippen LogP contribution is 2.14. The van der Waals surface area contributed by atoms with E-state index in [0.717, 1.165) is 5.56 Å². The molecule has 0 atom stereocenters. The molecule has 0 spiro atoms. The molecule has 0 saturated carbocycles. The number of hydrogen-bond donors (Lipinski definition) is 1. The quantitative estimate of drug-likeness (QED) is 0.878. The Morgan fingerprint density at radius 3 is 2.46 bits per heavy atom. The summed E-state index contributed by atoms with van der Waals surface area (Å²) in [6.45, 7) is 2.45. The molecule has 3 rings (SSSR count). The summed E-state index contributed by atoms with van der Waals surface area (Å²) < 4.78 is 18.5. The molecule has 0 aromatic heterocycles. The maximum Gasteiger partial charge on any atom is 0.321 e. The predicted molar refractivity (Wildman–Crippen MR) is 105 cm³/mol. The second-order valence-electron chi connectivity index (χ2n) is 6.70. The Bertz CT molecular complexity index is 826. The lowest BCUT2D eigenvalue weighted by Crippen LogP contribution is -2.39. The number of hydrogen-bond acceptors (Lipinski definition) is 3. The first-order chi connectivity index (χ1) is 13.6. The third kappa shape index (κ3) is 5.07. The van der Waals surface area contributed by atoms with E-state index in [1.165, 1.54) is 18.2 Å². The molecule has 1 heterocycles. The molecule has 0 unspecified atom stereocenters. The summed E-state index contributed by atoms with van der Waals surface area (Å²) in [5.41, 5.74) is 2.07. The molecule has 2 aromatic carbocycles. The van der Waals surface area contributed by atoms with Gasteiger partial charge in [0.05, 0.1) is 6.61 Å². The summed E-state index contributed by atoms with van der Waals surface area (Å²) in [5, 5.41) is 2.89. The van der Waals surface area contributed by atoms with Gasteiger partial charge in [-0.3, -0.25) is 4.79 Å². The van der Waals surface area contributed by atoms with Crippen molar-refractivity contribution in [1.82, 2.24) is 9.80 Å². The standard InChI is InChI=1S/C21H24FN3O3/c1-28-15-16-6-8-19(9-7-16)23-21(27)25-11-3-10-24(12-13-25)20(26)17-4-2-5-18(22)14-17/h2,4-9,14H,3,10-13,15H2,1H3,(H,23,27). The van der Waals surface area contributed by atoms with Crippen molar-refractivity contribution in [3.63, 3.8) is 0 Å². The lowest BCUT2D eigenvalue weighted by molar-refractivity contribution is 0.0762. The summed E-state index contributed by atoms with van der Waals surface area (Å²) in [5.74, 6) is -0.645. The number of carbonyl (C=O) groups excluding carboxylic acids is 2. The lowest BCUT2D eigenvalue weighted by Gasteiger charge is -2.22. The van der Waals surface area contributed by atoms with E-state index in [1.54, 1.807) is 23.0 Å². The van der Waals surface area contributed by atoms with Crippen LogP contribution in [0.25, 0.3) is 0 Å². The van der Waals surface area contributed by atoms with Crippen LogP contribution in [-0.2, 0) is 11.3 Å². The van der Waals surface area contributed by atoms with Crippen molar-refractivity contribution in [2.45, 2.75) is 13.0 Å². The van der Waals surface area contributed by atoms with Crippen molar-refractivity contribution in [3.05, 3.63) is 65.5 Å². The molecule has 1 aliphatic rings. The molecule has 1 saturated heterocycles. The van der Waals surface area contributed by atoms with Crippen molar-refractivity contribution in [2.75, 3.05) is 38.6 Å². The van der Waals surface area contributed by atoms with Gasteiger partial charge in [0.1, 0.15) is 5.82 Å². The van der Waals surface area contributed by atoms with Crippen LogP contribution in [0.4, 0.5) is 14.9 Å². The SMILES string of the molecule is COCc1ccc(NC(=O)N2CCCN(C(=O)c3cccc(F)c3)CC2)cc1. The first kappa shape index (κ1) is 19.8. The largest absolute Gasteiger partial charge is 0.380 e. The van der Waals surface area contributed by atoms with Crippen LogP contribution in [0.1, 0.15) is 22.3 Å². The number of anilines is 1. The zero-order chi connectivity index (χ0) is 19.9. The number of methoxy groups -OCH3 is 1. The summed E-state index contributed by atoms with van der Waals surface area (Å²) in [4.78, 5) is 28.5. The zero-order valence-electron chi connectivity index (χ0n) is 15.9. The number of ether oxygens (including phenoxy) is 1. The Kier molecular flexibility index (Phi) is 6.60. The van der Waals surface area contributed by atoms with Crippen LogP contribution in [0.5, 0.6) is 0 Å². The monoisotopic (exact) mass is 385 g/mol. The third-order valence-electron chi connectivity index (χ3n) is 4.66. The Labute approximate surface area is 163 Å². The first-order valence-corrected chi connectivity index (χ1v) is 9.25. The third-order valence-corrected chi connectivity index (χ3v) is 4.66. The number of nitrogens with one attached hydrogen (secondary N) is 1. The molecule has 2 aromatic rings. The molecule has 0 radical (unpaired) electrons. The fourth-order valence-corrected chi connectivity index (χ4v) is 3.18. The average Bonchev–Trinajstić information content (AvgIpc) is 2.95. The van der Waals surface area contributed by atoms with Crippen molar-refractivity contribution in [2.24, 2.45) is 0 Å². The lowest BCUT2D eigenvalue weighted by atomic mass is 10.2. The number of benzene rings is 2. The molecule has 148 valence electrons. The molecular formula is C21H24FN3O3. The van der Waals surface area contributed by atoms with Gasteiger partial charge in [0.15, 0.2) is 0 Å². The molecular weight excluding hydrogens is 361 g/mol. The van der Waals surface area contributed by atoms with Crippen molar-refractivity contribution < 1.29 is 18.7 Å². The normalized spacial score (nSPS) is 14.5. The van der Waals surface area contributed by atoms with Crippen molar-refractivity contribution >= 4 is 17.6 Å². The van der Waals surface area contributed by atoms with E-state index in [2.05, 4.69) is 5.32 Å². The van der Waals surface area contributed by atoms with E-state index in [1.807, 2.05) is 24.3 Å². The van der Waals surface area contributed by atoms with E-state index < -0.39 is 5.82 Å². The highest BCUT2D eigenvalue weighted by molar-refractivity contribution is 5.94. The van der Waals surface area contributed by atoms with Crippen LogP contribution >= 0.6 is 0 Å². The van der Waals surface area contributed by atoms with E-state index in [4.69, 9.17) is 4.74 Å². The molecule has 28 heavy (non-hydrogen) atoms. The Balaban J connectivity index is 1.56. The van der Waals surface area contributed by atoms with Crippen LogP contribution in [0.2, 0.25) is 0 Å². The van der Waals surface area contributed by atoms with Gasteiger partial charge in [0.25, 0.3) is 5.91 Å². The topological polar surface area (TPSA) is 61.9 Å². The van der Waals surface area contributed by atoms with Crippen LogP contribution < -0.4 is 5.32 Å². The van der Waals surface area contributed by atoms with Crippen molar-refractivity contribution in [3.8, 4) is 0 Å². The van der Waals surface area contributed by atoms with E-state index >= 15 is 0 Å². The fraction of sp³-hybridized carbons (Fsp3) is 0.333. The minimum absolute atomic E-state index is 0.195. The summed E-state index contributed by atoms with van der Waals surface area (Å²) in [6.07, 6.45) is 0.668. The summed E-state index contributed by atoms with van der Waals surface area (Å²) >= 11 is 0. The molecule has 3 amide bonds. The summed E-state index contributed by atoms with van der Waals surface area (Å²) in [6, 6.07) is 13.0. The van der Waals surface area contributed by atoms with Gasteiger partial charge < -0.3 is 19.9 Å². The van der Waals surface area contributed by atoms with Crippen LogP contribution in [-0.4, -0.2) is 55.0 Å². The molecule has 1 fully saturated rings. The van der Waals surface area contributed by atoms with Gasteiger partial charge in [-0.15, -0.1) is 0 Å². The molecule has 6 nitrogen and oxygen atoms in total. The number of amides is 3.